The van der Waals surface area contributed by atoms with E-state index in [9.17, 15) is 0 Å². The number of anilines is 3. The average molecular weight is 678 g/mol. The molecule has 0 saturated carbocycles. The molecule has 9 aromatic carbocycles. The average Bonchev–Trinajstić information content (AvgIpc) is 3.57. The van der Waals surface area contributed by atoms with Gasteiger partial charge in [-0.25, -0.2) is 0 Å². The summed E-state index contributed by atoms with van der Waals surface area (Å²) in [5.41, 5.74) is 11.2. The van der Waals surface area contributed by atoms with Crippen LogP contribution < -0.4 is 4.90 Å². The lowest BCUT2D eigenvalue weighted by atomic mass is 9.96. The highest BCUT2D eigenvalue weighted by molar-refractivity contribution is 6.14. The molecule has 0 N–H and O–H groups in total. The summed E-state index contributed by atoms with van der Waals surface area (Å²) in [6.45, 7) is 2.15. The highest BCUT2D eigenvalue weighted by atomic mass is 16.3. The largest absolute Gasteiger partial charge is 0.456 e. The summed E-state index contributed by atoms with van der Waals surface area (Å²) < 4.78 is 6.46. The number of rotatable bonds is 6. The van der Waals surface area contributed by atoms with Crippen LogP contribution in [0.3, 0.4) is 0 Å². The topological polar surface area (TPSA) is 16.4 Å². The maximum atomic E-state index is 6.46. The van der Waals surface area contributed by atoms with Crippen LogP contribution in [0.5, 0.6) is 0 Å². The van der Waals surface area contributed by atoms with E-state index in [1.807, 2.05) is 12.1 Å². The van der Waals surface area contributed by atoms with E-state index in [-0.39, 0.29) is 0 Å². The predicted molar refractivity (Wildman–Crippen MR) is 224 cm³/mol. The Balaban J connectivity index is 1.09. The van der Waals surface area contributed by atoms with Crippen molar-refractivity contribution < 1.29 is 4.42 Å². The minimum Gasteiger partial charge on any atom is -0.456 e. The molecular weight excluding hydrogens is 643 g/mol. The molecule has 0 aliphatic carbocycles. The lowest BCUT2D eigenvalue weighted by molar-refractivity contribution is 0.629. The second-order valence-electron chi connectivity index (χ2n) is 13.8. The number of aryl methyl sites for hydroxylation is 1. The molecule has 0 radical (unpaired) electrons. The summed E-state index contributed by atoms with van der Waals surface area (Å²) in [5, 5.41) is 8.56. The van der Waals surface area contributed by atoms with E-state index in [4.69, 9.17) is 4.42 Å². The quantitative estimate of drug-likeness (QED) is 0.163. The van der Waals surface area contributed by atoms with Gasteiger partial charge in [0.1, 0.15) is 11.3 Å². The summed E-state index contributed by atoms with van der Waals surface area (Å²) >= 11 is 0. The van der Waals surface area contributed by atoms with Gasteiger partial charge in [0.15, 0.2) is 0 Å². The van der Waals surface area contributed by atoms with Crippen LogP contribution in [0.15, 0.2) is 199 Å². The minimum atomic E-state index is 0.902. The van der Waals surface area contributed by atoms with Crippen molar-refractivity contribution in [1.29, 1.82) is 0 Å². The first-order valence-electron chi connectivity index (χ1n) is 18.2. The zero-order chi connectivity index (χ0) is 35.3. The van der Waals surface area contributed by atoms with Crippen molar-refractivity contribution in [2.24, 2.45) is 0 Å². The van der Waals surface area contributed by atoms with Crippen LogP contribution >= 0.6 is 0 Å². The van der Waals surface area contributed by atoms with Gasteiger partial charge in [0.05, 0.1) is 5.69 Å². The molecule has 0 fully saturated rings. The fraction of sp³-hybridized carbons (Fsp3) is 0.0196. The smallest absolute Gasteiger partial charge is 0.138 e. The Hall–Kier alpha value is -6.90. The Kier molecular flexibility index (Phi) is 7.40. The summed E-state index contributed by atoms with van der Waals surface area (Å²) in [5.74, 6) is 0.902. The SMILES string of the molecule is Cc1c(-c2cccc(N(c3ccc(-c4ccc(-c5cccc6ccccc56)cc4)cc3)c3cc4ccccc4c4ccccc34)c2)oc2ccccc12. The van der Waals surface area contributed by atoms with Crippen molar-refractivity contribution >= 4 is 60.3 Å². The van der Waals surface area contributed by atoms with E-state index in [2.05, 4.69) is 194 Å². The molecule has 1 heterocycles. The molecule has 2 heteroatoms. The molecule has 53 heavy (non-hydrogen) atoms. The van der Waals surface area contributed by atoms with Gasteiger partial charge < -0.3 is 9.32 Å². The van der Waals surface area contributed by atoms with Gasteiger partial charge in [-0.2, -0.15) is 0 Å². The third-order valence-corrected chi connectivity index (χ3v) is 10.6. The summed E-state index contributed by atoms with van der Waals surface area (Å²) in [6.07, 6.45) is 0. The van der Waals surface area contributed by atoms with Crippen LogP contribution in [0.4, 0.5) is 17.1 Å². The van der Waals surface area contributed by atoms with Gasteiger partial charge in [-0.1, -0.05) is 158 Å². The van der Waals surface area contributed by atoms with Crippen LogP contribution in [0.2, 0.25) is 0 Å². The molecule has 10 rings (SSSR count). The maximum absolute atomic E-state index is 6.46. The van der Waals surface area contributed by atoms with Gasteiger partial charge in [0.25, 0.3) is 0 Å². The number of furan rings is 1. The van der Waals surface area contributed by atoms with Gasteiger partial charge in [0.2, 0.25) is 0 Å². The van der Waals surface area contributed by atoms with Crippen molar-refractivity contribution in [1.82, 2.24) is 0 Å². The normalized spacial score (nSPS) is 11.5. The highest BCUT2D eigenvalue weighted by Crippen LogP contribution is 2.44. The zero-order valence-electron chi connectivity index (χ0n) is 29.3. The highest BCUT2D eigenvalue weighted by Gasteiger charge is 2.20. The van der Waals surface area contributed by atoms with Crippen molar-refractivity contribution in [2.75, 3.05) is 4.90 Å². The third kappa shape index (κ3) is 5.35. The zero-order valence-corrected chi connectivity index (χ0v) is 29.3. The second-order valence-corrected chi connectivity index (χ2v) is 13.8. The van der Waals surface area contributed by atoms with E-state index in [1.54, 1.807) is 0 Å². The number of fused-ring (bicyclic) bond motifs is 5. The monoisotopic (exact) mass is 677 g/mol. The Morgan fingerprint density at radius 1 is 0.377 bits per heavy atom. The van der Waals surface area contributed by atoms with Gasteiger partial charge in [-0.05, 0) is 92.5 Å². The first kappa shape index (κ1) is 30.9. The fourth-order valence-corrected chi connectivity index (χ4v) is 8.01. The second kappa shape index (κ2) is 12.7. The first-order chi connectivity index (χ1) is 26.2. The van der Waals surface area contributed by atoms with Gasteiger partial charge in [-0.15, -0.1) is 0 Å². The van der Waals surface area contributed by atoms with Crippen molar-refractivity contribution in [3.05, 3.63) is 200 Å². The van der Waals surface area contributed by atoms with Crippen LogP contribution in [0, 0.1) is 6.92 Å². The molecular formula is C51H35NO. The lowest BCUT2D eigenvalue weighted by Crippen LogP contribution is -2.10. The van der Waals surface area contributed by atoms with E-state index in [1.165, 1.54) is 54.6 Å². The first-order valence-corrected chi connectivity index (χ1v) is 18.2. The number of hydrogen-bond donors (Lipinski definition) is 0. The van der Waals surface area contributed by atoms with Crippen molar-refractivity contribution in [2.45, 2.75) is 6.92 Å². The molecule has 10 aromatic rings. The molecule has 2 nitrogen and oxygen atoms in total. The lowest BCUT2D eigenvalue weighted by Gasteiger charge is -2.28. The van der Waals surface area contributed by atoms with Crippen LogP contribution in [-0.4, -0.2) is 0 Å². The number of benzene rings is 9. The van der Waals surface area contributed by atoms with E-state index in [0.29, 0.717) is 0 Å². The summed E-state index contributed by atoms with van der Waals surface area (Å²) in [7, 11) is 0. The molecule has 0 atom stereocenters. The van der Waals surface area contributed by atoms with Crippen LogP contribution in [-0.2, 0) is 0 Å². The third-order valence-electron chi connectivity index (χ3n) is 10.6. The molecule has 0 amide bonds. The van der Waals surface area contributed by atoms with E-state index in [0.717, 1.165) is 44.9 Å². The standard InChI is InChI=1S/C51H35NO/c1-34-43-17-8-9-23-50(43)53-51(34)40-15-10-16-42(32-40)52(49-33-39-13-3-5-19-46(39)47-20-6-7-21-48(47)49)41-30-28-36(29-31-41)35-24-26-38(27-25-35)45-22-11-14-37-12-2-4-18-44(37)45/h2-33H,1H3. The van der Waals surface area contributed by atoms with E-state index >= 15 is 0 Å². The van der Waals surface area contributed by atoms with E-state index < -0.39 is 0 Å². The predicted octanol–water partition coefficient (Wildman–Crippen LogP) is 14.7. The number of hydrogen-bond acceptors (Lipinski definition) is 2. The minimum absolute atomic E-state index is 0.902. The molecule has 0 aliphatic rings. The van der Waals surface area contributed by atoms with Crippen LogP contribution in [0.1, 0.15) is 5.56 Å². The summed E-state index contributed by atoms with van der Waals surface area (Å²) in [6, 6.07) is 69.8. The Morgan fingerprint density at radius 3 is 1.74 bits per heavy atom. The Labute approximate surface area is 308 Å². The Bertz CT molecular complexity index is 2950. The van der Waals surface area contributed by atoms with Crippen molar-refractivity contribution in [3.63, 3.8) is 0 Å². The molecule has 0 saturated heterocycles. The molecule has 1 aromatic heterocycles. The number of nitrogens with zero attached hydrogens (tertiary/aromatic N) is 1. The number of para-hydroxylation sites is 1. The molecule has 250 valence electrons. The molecule has 0 aliphatic heterocycles. The fourth-order valence-electron chi connectivity index (χ4n) is 8.01. The summed E-state index contributed by atoms with van der Waals surface area (Å²) in [4.78, 5) is 2.39. The van der Waals surface area contributed by atoms with Gasteiger partial charge >= 0.3 is 0 Å². The molecule has 0 unspecified atom stereocenters. The molecule has 0 bridgehead atoms. The maximum Gasteiger partial charge on any atom is 0.138 e. The van der Waals surface area contributed by atoms with Gasteiger partial charge in [-0.3, -0.25) is 0 Å². The van der Waals surface area contributed by atoms with Crippen LogP contribution in [0.25, 0.3) is 76.9 Å². The Morgan fingerprint density at radius 2 is 0.962 bits per heavy atom. The van der Waals surface area contributed by atoms with Gasteiger partial charge in [0, 0.05) is 33.3 Å². The van der Waals surface area contributed by atoms with Crippen molar-refractivity contribution in [3.8, 4) is 33.6 Å². The molecule has 0 spiro atoms.